The third-order valence-corrected chi connectivity index (χ3v) is 3.64. The van der Waals surface area contributed by atoms with Crippen LogP contribution >= 0.6 is 0 Å². The van der Waals surface area contributed by atoms with Crippen LogP contribution in [0.4, 0.5) is 19.2 Å². The monoisotopic (exact) mass is 313 g/mol. The van der Waals surface area contributed by atoms with E-state index in [0.29, 0.717) is 17.9 Å². The van der Waals surface area contributed by atoms with Crippen LogP contribution in [0.3, 0.4) is 0 Å². The van der Waals surface area contributed by atoms with Crippen molar-refractivity contribution in [1.82, 2.24) is 10.2 Å². The number of aliphatic hydroxyl groups is 1. The van der Waals surface area contributed by atoms with Gasteiger partial charge in [0, 0.05) is 13.5 Å². The fraction of sp³-hybridized carbons (Fsp3) is 0.429. The Hall–Kier alpha value is -2.09. The standard InChI is InChI=1S/C14H14F3N3O2/c1-8-18-19-13(22-8)20-7-11(21)6-12(20)9-3-2-4-10(5-9)14(15,16)17/h2-5,11-12,21H,6-7H2,1H3/t11-,12-/m0/s1. The highest BCUT2D eigenvalue weighted by Crippen LogP contribution is 2.38. The molecule has 1 aliphatic rings. The molecule has 0 spiro atoms. The van der Waals surface area contributed by atoms with Crippen LogP contribution in [0.5, 0.6) is 0 Å². The number of alkyl halides is 3. The average Bonchev–Trinajstić information content (AvgIpc) is 3.04. The van der Waals surface area contributed by atoms with Crippen LogP contribution < -0.4 is 4.90 Å². The molecule has 1 aliphatic heterocycles. The number of hydrogen-bond acceptors (Lipinski definition) is 5. The zero-order valence-electron chi connectivity index (χ0n) is 11.7. The number of halogens is 3. The summed E-state index contributed by atoms with van der Waals surface area (Å²) >= 11 is 0. The van der Waals surface area contributed by atoms with Crippen LogP contribution in [0.2, 0.25) is 0 Å². The Morgan fingerprint density at radius 2 is 2.09 bits per heavy atom. The minimum absolute atomic E-state index is 0.205. The topological polar surface area (TPSA) is 62.4 Å². The summed E-state index contributed by atoms with van der Waals surface area (Å²) in [6.07, 6.45) is -4.76. The van der Waals surface area contributed by atoms with Gasteiger partial charge >= 0.3 is 12.2 Å². The normalized spacial score (nSPS) is 22.3. The molecule has 22 heavy (non-hydrogen) atoms. The lowest BCUT2D eigenvalue weighted by Gasteiger charge is -2.23. The zero-order chi connectivity index (χ0) is 15.9. The lowest BCUT2D eigenvalue weighted by Crippen LogP contribution is -2.24. The number of hydrogen-bond donors (Lipinski definition) is 1. The Labute approximate surface area is 124 Å². The van der Waals surface area contributed by atoms with E-state index in [2.05, 4.69) is 10.2 Å². The van der Waals surface area contributed by atoms with Gasteiger partial charge in [-0.3, -0.25) is 0 Å². The van der Waals surface area contributed by atoms with Crippen molar-refractivity contribution in [3.05, 3.63) is 41.3 Å². The van der Waals surface area contributed by atoms with Gasteiger partial charge in [-0.05, 0) is 24.1 Å². The highest BCUT2D eigenvalue weighted by molar-refractivity contribution is 5.38. The molecule has 2 atom stereocenters. The van der Waals surface area contributed by atoms with Gasteiger partial charge in [-0.15, -0.1) is 5.10 Å². The minimum atomic E-state index is -4.40. The van der Waals surface area contributed by atoms with Crippen molar-refractivity contribution in [3.8, 4) is 0 Å². The highest BCUT2D eigenvalue weighted by Gasteiger charge is 2.37. The van der Waals surface area contributed by atoms with Gasteiger partial charge in [-0.2, -0.15) is 13.2 Å². The Bertz CT molecular complexity index is 671. The molecule has 1 aromatic heterocycles. The molecule has 1 aromatic carbocycles. The van der Waals surface area contributed by atoms with Crippen LogP contribution in [-0.2, 0) is 6.18 Å². The average molecular weight is 313 g/mol. The number of aryl methyl sites for hydroxylation is 1. The molecule has 1 saturated heterocycles. The van der Waals surface area contributed by atoms with Crippen LogP contribution in [0.25, 0.3) is 0 Å². The van der Waals surface area contributed by atoms with Crippen molar-refractivity contribution in [2.24, 2.45) is 0 Å². The molecule has 8 heteroatoms. The van der Waals surface area contributed by atoms with E-state index in [1.165, 1.54) is 6.07 Å². The second-order valence-electron chi connectivity index (χ2n) is 5.28. The van der Waals surface area contributed by atoms with Crippen LogP contribution in [0, 0.1) is 6.92 Å². The fourth-order valence-electron chi connectivity index (χ4n) is 2.67. The third-order valence-electron chi connectivity index (χ3n) is 3.64. The van der Waals surface area contributed by atoms with Gasteiger partial charge in [0.05, 0.1) is 17.7 Å². The fourth-order valence-corrected chi connectivity index (χ4v) is 2.67. The van der Waals surface area contributed by atoms with E-state index in [4.69, 9.17) is 4.42 Å². The van der Waals surface area contributed by atoms with E-state index >= 15 is 0 Å². The maximum Gasteiger partial charge on any atom is 0.416 e. The van der Waals surface area contributed by atoms with Crippen molar-refractivity contribution in [2.45, 2.75) is 31.7 Å². The Morgan fingerprint density at radius 3 is 2.73 bits per heavy atom. The number of β-amino-alcohol motifs (C(OH)–C–C–N with tert-alkyl or cyclic N) is 1. The van der Waals surface area contributed by atoms with Gasteiger partial charge in [0.1, 0.15) is 0 Å². The van der Waals surface area contributed by atoms with Crippen molar-refractivity contribution >= 4 is 6.01 Å². The summed E-state index contributed by atoms with van der Waals surface area (Å²) in [4.78, 5) is 1.64. The lowest BCUT2D eigenvalue weighted by atomic mass is 10.0. The summed E-state index contributed by atoms with van der Waals surface area (Å²) in [6.45, 7) is 1.87. The minimum Gasteiger partial charge on any atom is -0.408 e. The molecular weight excluding hydrogens is 299 g/mol. The molecule has 2 heterocycles. The van der Waals surface area contributed by atoms with Crippen molar-refractivity contribution in [1.29, 1.82) is 0 Å². The summed E-state index contributed by atoms with van der Waals surface area (Å²) < 4.78 is 43.9. The molecule has 5 nitrogen and oxygen atoms in total. The van der Waals surface area contributed by atoms with Crippen LogP contribution in [0.15, 0.2) is 28.7 Å². The first-order valence-corrected chi connectivity index (χ1v) is 6.76. The van der Waals surface area contributed by atoms with E-state index in [9.17, 15) is 18.3 Å². The molecule has 118 valence electrons. The van der Waals surface area contributed by atoms with Gasteiger partial charge in [0.25, 0.3) is 0 Å². The number of anilines is 1. The van der Waals surface area contributed by atoms with E-state index in [1.54, 1.807) is 17.9 Å². The van der Waals surface area contributed by atoms with E-state index in [1.807, 2.05) is 0 Å². The van der Waals surface area contributed by atoms with Gasteiger partial charge in [-0.1, -0.05) is 17.2 Å². The second-order valence-corrected chi connectivity index (χ2v) is 5.28. The molecule has 1 N–H and O–H groups in total. The smallest absolute Gasteiger partial charge is 0.408 e. The summed E-state index contributed by atoms with van der Waals surface area (Å²) in [5, 5.41) is 17.5. The van der Waals surface area contributed by atoms with E-state index < -0.39 is 23.9 Å². The maximum atomic E-state index is 12.9. The SMILES string of the molecule is Cc1nnc(N2C[C@@H](O)C[C@H]2c2cccc(C(F)(F)F)c2)o1. The van der Waals surface area contributed by atoms with E-state index in [-0.39, 0.29) is 12.6 Å². The first-order valence-electron chi connectivity index (χ1n) is 6.76. The number of nitrogens with zero attached hydrogens (tertiary/aromatic N) is 3. The first-order chi connectivity index (χ1) is 10.3. The second kappa shape index (κ2) is 5.28. The maximum absolute atomic E-state index is 12.9. The molecule has 0 bridgehead atoms. The van der Waals surface area contributed by atoms with Gasteiger partial charge in [-0.25, -0.2) is 0 Å². The number of aromatic nitrogens is 2. The van der Waals surface area contributed by atoms with Crippen LogP contribution in [0.1, 0.15) is 29.5 Å². The van der Waals surface area contributed by atoms with E-state index in [0.717, 1.165) is 12.1 Å². The summed E-state index contributed by atoms with van der Waals surface area (Å²) in [5.41, 5.74) is -0.254. The molecule has 0 aliphatic carbocycles. The van der Waals surface area contributed by atoms with Crippen molar-refractivity contribution < 1.29 is 22.7 Å². The molecule has 0 radical (unpaired) electrons. The van der Waals surface area contributed by atoms with Gasteiger partial charge in [0.15, 0.2) is 0 Å². The quantitative estimate of drug-likeness (QED) is 0.923. The molecule has 0 saturated carbocycles. The molecule has 0 unspecified atom stereocenters. The number of aliphatic hydroxyl groups excluding tert-OH is 1. The summed E-state index contributed by atoms with van der Waals surface area (Å²) in [7, 11) is 0. The van der Waals surface area contributed by atoms with Crippen molar-refractivity contribution in [2.75, 3.05) is 11.4 Å². The third kappa shape index (κ3) is 2.78. The predicted molar refractivity (Wildman–Crippen MR) is 71.2 cm³/mol. The molecular formula is C14H14F3N3O2. The number of benzene rings is 1. The predicted octanol–water partition coefficient (Wildman–Crippen LogP) is 2.71. The van der Waals surface area contributed by atoms with Gasteiger partial charge < -0.3 is 14.4 Å². The molecule has 1 fully saturated rings. The Kier molecular flexibility index (Phi) is 3.56. The molecule has 0 amide bonds. The van der Waals surface area contributed by atoms with Crippen molar-refractivity contribution in [3.63, 3.8) is 0 Å². The Balaban J connectivity index is 1.95. The van der Waals surface area contributed by atoms with Crippen LogP contribution in [-0.4, -0.2) is 28.0 Å². The lowest BCUT2D eigenvalue weighted by molar-refractivity contribution is -0.137. The molecule has 2 aromatic rings. The first kappa shape index (κ1) is 14.8. The summed E-state index contributed by atoms with van der Waals surface area (Å²) in [6, 6.07) is 4.86. The zero-order valence-corrected chi connectivity index (χ0v) is 11.7. The Morgan fingerprint density at radius 1 is 1.32 bits per heavy atom. The summed E-state index contributed by atoms with van der Waals surface area (Å²) in [5.74, 6) is 0.360. The van der Waals surface area contributed by atoms with Gasteiger partial charge in [0.2, 0.25) is 5.89 Å². The number of rotatable bonds is 2. The largest absolute Gasteiger partial charge is 0.416 e. The highest BCUT2D eigenvalue weighted by atomic mass is 19.4. The molecule has 3 rings (SSSR count).